The molecule has 0 aliphatic rings. The van der Waals surface area contributed by atoms with Gasteiger partial charge in [-0.2, -0.15) is 0 Å². The lowest BCUT2D eigenvalue weighted by molar-refractivity contribution is 1.10. The van der Waals surface area contributed by atoms with Crippen LogP contribution >= 0.6 is 0 Å². The summed E-state index contributed by atoms with van der Waals surface area (Å²) in [5.41, 5.74) is 13.2. The average Bonchev–Trinajstić information content (AvgIpc) is 3.74. The minimum absolute atomic E-state index is 1.13. The molecule has 1 nitrogen and oxygen atoms in total. The fourth-order valence-corrected chi connectivity index (χ4v) is 8.87. The number of nitrogens with zero attached hydrogens (tertiary/aromatic N) is 1. The predicted octanol–water partition coefficient (Wildman–Crippen LogP) is 15.4. The summed E-state index contributed by atoms with van der Waals surface area (Å²) in [5.74, 6) is 0. The quantitative estimate of drug-likeness (QED) is 0.151. The number of aromatic nitrogens is 1. The largest absolute Gasteiger partial charge is 0.309 e. The second-order valence-electron chi connectivity index (χ2n) is 14.9. The van der Waals surface area contributed by atoms with Gasteiger partial charge in [0.25, 0.3) is 0 Å². The highest BCUT2D eigenvalue weighted by Crippen LogP contribution is 2.42. The Morgan fingerprint density at radius 3 is 1.28 bits per heavy atom. The van der Waals surface area contributed by atoms with Crippen LogP contribution < -0.4 is 0 Å². The van der Waals surface area contributed by atoms with Crippen molar-refractivity contribution in [2.45, 2.75) is 0 Å². The molecule has 0 radical (unpaired) electrons. The molecule has 1 heterocycles. The third-order valence-corrected chi connectivity index (χ3v) is 11.6. The van der Waals surface area contributed by atoms with Gasteiger partial charge in [-0.3, -0.25) is 0 Å². The number of benzene rings is 10. The second kappa shape index (κ2) is 13.7. The molecule has 0 fully saturated rings. The van der Waals surface area contributed by atoms with Crippen molar-refractivity contribution in [1.29, 1.82) is 0 Å². The van der Waals surface area contributed by atoms with Crippen LogP contribution in [0.2, 0.25) is 0 Å². The molecular weight excluding hydrogens is 687 g/mol. The fourth-order valence-electron chi connectivity index (χ4n) is 8.87. The van der Waals surface area contributed by atoms with E-state index in [0.717, 1.165) is 5.69 Å². The van der Waals surface area contributed by atoms with Crippen LogP contribution in [0.25, 0.3) is 105 Å². The molecule has 0 amide bonds. The van der Waals surface area contributed by atoms with Gasteiger partial charge < -0.3 is 4.57 Å². The van der Waals surface area contributed by atoms with Crippen molar-refractivity contribution < 1.29 is 0 Å². The van der Waals surface area contributed by atoms with Crippen molar-refractivity contribution in [2.75, 3.05) is 0 Å². The van der Waals surface area contributed by atoms with Gasteiger partial charge in [0.05, 0.1) is 11.4 Å². The van der Waals surface area contributed by atoms with Gasteiger partial charge in [0, 0.05) is 5.69 Å². The lowest BCUT2D eigenvalue weighted by Crippen LogP contribution is -1.99. The van der Waals surface area contributed by atoms with Crippen LogP contribution in [-0.2, 0) is 0 Å². The van der Waals surface area contributed by atoms with Gasteiger partial charge in [-0.15, -0.1) is 0 Å². The van der Waals surface area contributed by atoms with Crippen molar-refractivity contribution in [3.8, 4) is 61.6 Å². The Labute approximate surface area is 332 Å². The molecule has 10 aromatic carbocycles. The van der Waals surface area contributed by atoms with Gasteiger partial charge >= 0.3 is 0 Å². The molecule has 57 heavy (non-hydrogen) atoms. The molecule has 0 saturated heterocycles. The summed E-state index contributed by atoms with van der Waals surface area (Å²) in [6.07, 6.45) is 0. The molecule has 0 N–H and O–H groups in total. The topological polar surface area (TPSA) is 4.93 Å². The van der Waals surface area contributed by atoms with E-state index in [-0.39, 0.29) is 0 Å². The van der Waals surface area contributed by atoms with E-state index in [1.54, 1.807) is 0 Å². The van der Waals surface area contributed by atoms with E-state index >= 15 is 0 Å². The first-order valence-electron chi connectivity index (χ1n) is 19.7. The first-order chi connectivity index (χ1) is 28.3. The van der Waals surface area contributed by atoms with Crippen LogP contribution in [0.5, 0.6) is 0 Å². The van der Waals surface area contributed by atoms with Gasteiger partial charge in [0.15, 0.2) is 0 Å². The van der Waals surface area contributed by atoms with E-state index in [4.69, 9.17) is 0 Å². The van der Waals surface area contributed by atoms with E-state index in [1.165, 1.54) is 99.0 Å². The third-order valence-electron chi connectivity index (χ3n) is 11.6. The molecule has 0 unspecified atom stereocenters. The Balaban J connectivity index is 1.12. The molecule has 0 bridgehead atoms. The molecule has 0 spiro atoms. The Bertz CT molecular complexity index is 3190. The van der Waals surface area contributed by atoms with E-state index in [2.05, 4.69) is 229 Å². The molecular formula is C56H37N. The van der Waals surface area contributed by atoms with Crippen molar-refractivity contribution >= 4 is 43.1 Å². The van der Waals surface area contributed by atoms with Gasteiger partial charge in [0.2, 0.25) is 0 Å². The van der Waals surface area contributed by atoms with E-state index < -0.39 is 0 Å². The molecule has 0 aliphatic heterocycles. The van der Waals surface area contributed by atoms with E-state index in [9.17, 15) is 0 Å². The Kier molecular flexibility index (Phi) is 7.89. The zero-order chi connectivity index (χ0) is 37.7. The zero-order valence-electron chi connectivity index (χ0n) is 31.3. The summed E-state index contributed by atoms with van der Waals surface area (Å²) >= 11 is 0. The number of hydrogen-bond donors (Lipinski definition) is 0. The summed E-state index contributed by atoms with van der Waals surface area (Å²) < 4.78 is 2.39. The van der Waals surface area contributed by atoms with Gasteiger partial charge in [-0.05, 0) is 136 Å². The number of hydrogen-bond acceptors (Lipinski definition) is 0. The Morgan fingerprint density at radius 2 is 0.684 bits per heavy atom. The summed E-state index contributed by atoms with van der Waals surface area (Å²) in [6, 6.07) is 82.1. The average molecular weight is 724 g/mol. The highest BCUT2D eigenvalue weighted by molar-refractivity contribution is 6.14. The Hall–Kier alpha value is -7.48. The molecule has 0 atom stereocenters. The molecule has 1 aromatic heterocycles. The SMILES string of the molecule is c1ccc(-c2ccc(-c3ccccc3)n2-c2ccc(-c3cc(-c4cccc5ccccc45)c4cc5cccc(-c6cccc7ccccc67)c5cc4c3)cc2)cc1. The van der Waals surface area contributed by atoms with Gasteiger partial charge in [-0.1, -0.05) is 176 Å². The zero-order valence-corrected chi connectivity index (χ0v) is 31.3. The summed E-state index contributed by atoms with van der Waals surface area (Å²) in [6.45, 7) is 0. The summed E-state index contributed by atoms with van der Waals surface area (Å²) in [4.78, 5) is 0. The smallest absolute Gasteiger partial charge is 0.0535 e. The van der Waals surface area contributed by atoms with Crippen molar-refractivity contribution in [1.82, 2.24) is 4.57 Å². The third kappa shape index (κ3) is 5.72. The minimum Gasteiger partial charge on any atom is -0.309 e. The van der Waals surface area contributed by atoms with Crippen molar-refractivity contribution in [2.24, 2.45) is 0 Å². The van der Waals surface area contributed by atoms with Crippen LogP contribution in [0.3, 0.4) is 0 Å². The lowest BCUT2D eigenvalue weighted by atomic mass is 9.87. The molecule has 11 aromatic rings. The van der Waals surface area contributed by atoms with Crippen LogP contribution in [0.1, 0.15) is 0 Å². The van der Waals surface area contributed by atoms with Crippen LogP contribution in [0.15, 0.2) is 224 Å². The molecule has 11 rings (SSSR count). The maximum atomic E-state index is 2.42. The lowest BCUT2D eigenvalue weighted by Gasteiger charge is -2.17. The molecule has 266 valence electrons. The minimum atomic E-state index is 1.13. The predicted molar refractivity (Wildman–Crippen MR) is 243 cm³/mol. The second-order valence-corrected chi connectivity index (χ2v) is 14.9. The molecule has 0 aliphatic carbocycles. The van der Waals surface area contributed by atoms with Crippen LogP contribution in [0, 0.1) is 0 Å². The fraction of sp³-hybridized carbons (Fsp3) is 0. The molecule has 1 heteroatoms. The van der Waals surface area contributed by atoms with Crippen LogP contribution in [0.4, 0.5) is 0 Å². The normalized spacial score (nSPS) is 11.5. The summed E-state index contributed by atoms with van der Waals surface area (Å²) in [7, 11) is 0. The highest BCUT2D eigenvalue weighted by atomic mass is 15.0. The first-order valence-corrected chi connectivity index (χ1v) is 19.7. The van der Waals surface area contributed by atoms with E-state index in [1.807, 2.05) is 0 Å². The Morgan fingerprint density at radius 1 is 0.228 bits per heavy atom. The number of fused-ring (bicyclic) bond motifs is 4. The van der Waals surface area contributed by atoms with Gasteiger partial charge in [-0.25, -0.2) is 0 Å². The standard InChI is InChI=1S/C56H37N/c1-3-16-41(17-4-1)55-32-33-56(42-18-5-2-6-19-42)57(55)46-30-28-38(29-31-46)44-34-45-37-52-43(22-13-27-51(52)49-25-11-20-39-14-7-9-23-47(39)49)35-53(45)54(36-44)50-26-12-21-40-15-8-10-24-48(40)50/h1-37H. The summed E-state index contributed by atoms with van der Waals surface area (Å²) in [5, 5.41) is 9.99. The highest BCUT2D eigenvalue weighted by Gasteiger charge is 2.17. The maximum absolute atomic E-state index is 2.42. The van der Waals surface area contributed by atoms with Crippen molar-refractivity contribution in [3.05, 3.63) is 224 Å². The van der Waals surface area contributed by atoms with Crippen molar-refractivity contribution in [3.63, 3.8) is 0 Å². The number of rotatable bonds is 6. The first kappa shape index (κ1) is 32.9. The van der Waals surface area contributed by atoms with Crippen LogP contribution in [-0.4, -0.2) is 4.57 Å². The molecule has 0 saturated carbocycles. The van der Waals surface area contributed by atoms with Gasteiger partial charge in [0.1, 0.15) is 0 Å². The van der Waals surface area contributed by atoms with E-state index in [0.29, 0.717) is 0 Å². The maximum Gasteiger partial charge on any atom is 0.0535 e. The monoisotopic (exact) mass is 723 g/mol.